The Bertz CT molecular complexity index is 1590. The van der Waals surface area contributed by atoms with Gasteiger partial charge in [0, 0.05) is 44.4 Å². The number of nitrogens with zero attached hydrogens (tertiary/aromatic N) is 3. The number of rotatable bonds is 4. The maximum Gasteiger partial charge on any atom is 0.410 e. The van der Waals surface area contributed by atoms with Crippen LogP contribution in [0.2, 0.25) is 0 Å². The van der Waals surface area contributed by atoms with Crippen LogP contribution in [0.4, 0.5) is 4.79 Å². The van der Waals surface area contributed by atoms with E-state index in [1.165, 1.54) is 26.2 Å². The molecule has 4 heterocycles. The summed E-state index contributed by atoms with van der Waals surface area (Å²) in [6.07, 6.45) is -0.477. The van der Waals surface area contributed by atoms with Crippen molar-refractivity contribution in [2.75, 3.05) is 39.4 Å². The SMILES string of the molecule is CC(C)(C)OC(=O)N1Cc2cccc(C(=O)C(=O)N3CC4=C(C3)CN(S(=O)(=O)c3ccc5c(c3)OCCO5)C4)c2C1. The minimum Gasteiger partial charge on any atom is -0.486 e. The van der Waals surface area contributed by atoms with E-state index in [4.69, 9.17) is 14.2 Å². The normalized spacial score (nSPS) is 18.4. The smallest absolute Gasteiger partial charge is 0.410 e. The summed E-state index contributed by atoms with van der Waals surface area (Å²) in [4.78, 5) is 42.4. The summed E-state index contributed by atoms with van der Waals surface area (Å²) >= 11 is 0. The minimum atomic E-state index is -3.80. The van der Waals surface area contributed by atoms with Gasteiger partial charge in [-0.3, -0.25) is 14.5 Å². The lowest BCUT2D eigenvalue weighted by Crippen LogP contribution is -2.39. The number of ketones is 1. The van der Waals surface area contributed by atoms with Crippen LogP contribution in [-0.4, -0.2) is 85.3 Å². The quantitative estimate of drug-likeness (QED) is 0.307. The highest BCUT2D eigenvalue weighted by molar-refractivity contribution is 7.89. The molecule has 2 aromatic rings. The number of sulfonamides is 1. The van der Waals surface area contributed by atoms with Crippen LogP contribution in [-0.2, 0) is 32.6 Å². The predicted octanol–water partition coefficient (Wildman–Crippen LogP) is 2.73. The molecule has 0 fully saturated rings. The molecule has 4 aliphatic rings. The Morgan fingerprint density at radius 3 is 2.20 bits per heavy atom. The summed E-state index contributed by atoms with van der Waals surface area (Å²) in [7, 11) is -3.80. The molecule has 216 valence electrons. The number of Topliss-reactive ketones (excluding diaryl/α,β-unsaturated/α-hetero) is 1. The van der Waals surface area contributed by atoms with E-state index in [0.717, 1.165) is 16.7 Å². The van der Waals surface area contributed by atoms with Gasteiger partial charge in [-0.1, -0.05) is 18.2 Å². The molecule has 11 nitrogen and oxygen atoms in total. The second-order valence-electron chi connectivity index (χ2n) is 11.6. The molecule has 0 atom stereocenters. The van der Waals surface area contributed by atoms with Crippen LogP contribution in [0, 0.1) is 0 Å². The summed E-state index contributed by atoms with van der Waals surface area (Å²) in [6, 6.07) is 9.73. The molecule has 0 unspecified atom stereocenters. The Kier molecular flexibility index (Phi) is 6.57. The summed E-state index contributed by atoms with van der Waals surface area (Å²) in [5.74, 6) is -0.383. The highest BCUT2D eigenvalue weighted by atomic mass is 32.2. The van der Waals surface area contributed by atoms with Gasteiger partial charge in [0.15, 0.2) is 11.5 Å². The summed E-state index contributed by atoms with van der Waals surface area (Å²) < 4.78 is 44.6. The summed E-state index contributed by atoms with van der Waals surface area (Å²) in [5.41, 5.74) is 2.71. The molecule has 0 saturated carbocycles. The Morgan fingerprint density at radius 1 is 0.829 bits per heavy atom. The zero-order valence-corrected chi connectivity index (χ0v) is 24.0. The predicted molar refractivity (Wildman–Crippen MR) is 146 cm³/mol. The lowest BCUT2D eigenvalue weighted by atomic mass is 9.99. The van der Waals surface area contributed by atoms with Crippen molar-refractivity contribution in [2.24, 2.45) is 0 Å². The maximum atomic E-state index is 13.4. The van der Waals surface area contributed by atoms with Crippen molar-refractivity contribution in [2.45, 2.75) is 44.4 Å². The van der Waals surface area contributed by atoms with Crippen LogP contribution in [0.1, 0.15) is 42.3 Å². The lowest BCUT2D eigenvalue weighted by molar-refractivity contribution is -0.125. The number of carbonyl (C=O) groups is 3. The molecule has 2 aromatic carbocycles. The fraction of sp³-hybridized carbons (Fsp3) is 0.414. The van der Waals surface area contributed by atoms with E-state index in [1.54, 1.807) is 39.0 Å². The second-order valence-corrected chi connectivity index (χ2v) is 13.5. The number of amides is 2. The van der Waals surface area contributed by atoms with Crippen molar-refractivity contribution in [3.05, 3.63) is 64.2 Å². The van der Waals surface area contributed by atoms with Crippen molar-refractivity contribution in [3.8, 4) is 11.5 Å². The molecular weight excluding hydrogens is 550 g/mol. The van der Waals surface area contributed by atoms with E-state index in [1.807, 2.05) is 6.07 Å². The Hall–Kier alpha value is -3.90. The van der Waals surface area contributed by atoms with E-state index < -0.39 is 33.4 Å². The molecule has 41 heavy (non-hydrogen) atoms. The first-order valence-corrected chi connectivity index (χ1v) is 14.9. The second kappa shape index (κ2) is 9.88. The average molecular weight is 582 g/mol. The first-order chi connectivity index (χ1) is 19.4. The van der Waals surface area contributed by atoms with Gasteiger partial charge in [-0.2, -0.15) is 4.31 Å². The maximum absolute atomic E-state index is 13.4. The van der Waals surface area contributed by atoms with Gasteiger partial charge in [0.1, 0.15) is 18.8 Å². The van der Waals surface area contributed by atoms with Gasteiger partial charge < -0.3 is 19.1 Å². The number of carbonyl (C=O) groups excluding carboxylic acids is 3. The standard InChI is InChI=1S/C29H31N3O8S/c1-29(2,3)40-28(35)31-12-18-5-4-6-22(23(18)17-31)26(33)27(34)30-13-19-15-32(16-20(19)14-30)41(36,37)21-7-8-24-25(11-21)39-10-9-38-24/h4-8,11H,9-10,12-17H2,1-3H3. The fourth-order valence-electron chi connectivity index (χ4n) is 5.54. The van der Waals surface area contributed by atoms with E-state index in [-0.39, 0.29) is 43.2 Å². The molecule has 0 saturated heterocycles. The van der Waals surface area contributed by atoms with Crippen LogP contribution in [0.3, 0.4) is 0 Å². The zero-order valence-electron chi connectivity index (χ0n) is 23.1. The third-order valence-electron chi connectivity index (χ3n) is 7.51. The first kappa shape index (κ1) is 27.3. The molecular formula is C29H31N3O8S. The van der Waals surface area contributed by atoms with Gasteiger partial charge in [0.05, 0.1) is 11.4 Å². The van der Waals surface area contributed by atoms with Crippen molar-refractivity contribution in [3.63, 3.8) is 0 Å². The zero-order chi connectivity index (χ0) is 29.1. The highest BCUT2D eigenvalue weighted by Crippen LogP contribution is 2.36. The molecule has 0 radical (unpaired) electrons. The molecule has 2 amide bonds. The molecule has 0 bridgehead atoms. The van der Waals surface area contributed by atoms with Gasteiger partial charge in [0.25, 0.3) is 11.7 Å². The number of hydrogen-bond donors (Lipinski definition) is 0. The molecule has 0 N–H and O–H groups in total. The molecule has 0 aromatic heterocycles. The van der Waals surface area contributed by atoms with E-state index >= 15 is 0 Å². The topological polar surface area (TPSA) is 123 Å². The van der Waals surface area contributed by atoms with Crippen LogP contribution >= 0.6 is 0 Å². The number of ether oxygens (including phenoxy) is 3. The monoisotopic (exact) mass is 581 g/mol. The van der Waals surface area contributed by atoms with Crippen LogP contribution < -0.4 is 9.47 Å². The van der Waals surface area contributed by atoms with Crippen molar-refractivity contribution < 1.29 is 37.0 Å². The van der Waals surface area contributed by atoms with Crippen molar-refractivity contribution in [1.29, 1.82) is 0 Å². The fourth-order valence-corrected chi connectivity index (χ4v) is 6.99. The average Bonchev–Trinajstić information content (AvgIpc) is 3.64. The number of benzene rings is 2. The van der Waals surface area contributed by atoms with Crippen molar-refractivity contribution >= 4 is 27.8 Å². The molecule has 0 aliphatic carbocycles. The number of fused-ring (bicyclic) bond motifs is 2. The largest absolute Gasteiger partial charge is 0.486 e. The molecule has 6 rings (SSSR count). The molecule has 0 spiro atoms. The number of hydrogen-bond acceptors (Lipinski definition) is 8. The third-order valence-corrected chi connectivity index (χ3v) is 9.30. The first-order valence-electron chi connectivity index (χ1n) is 13.4. The Labute approximate surface area is 238 Å². The highest BCUT2D eigenvalue weighted by Gasteiger charge is 2.40. The van der Waals surface area contributed by atoms with Gasteiger partial charge >= 0.3 is 6.09 Å². The van der Waals surface area contributed by atoms with E-state index in [2.05, 4.69) is 0 Å². The lowest BCUT2D eigenvalue weighted by Gasteiger charge is -2.24. The molecule has 12 heteroatoms. The van der Waals surface area contributed by atoms with Gasteiger partial charge in [0.2, 0.25) is 10.0 Å². The molecule has 4 aliphatic heterocycles. The van der Waals surface area contributed by atoms with Crippen molar-refractivity contribution in [1.82, 2.24) is 14.1 Å². The van der Waals surface area contributed by atoms with Gasteiger partial charge in [-0.25, -0.2) is 13.2 Å². The van der Waals surface area contributed by atoms with E-state index in [0.29, 0.717) is 36.8 Å². The van der Waals surface area contributed by atoms with Gasteiger partial charge in [-0.15, -0.1) is 0 Å². The van der Waals surface area contributed by atoms with Gasteiger partial charge in [-0.05, 0) is 55.2 Å². The van der Waals surface area contributed by atoms with Crippen LogP contribution in [0.25, 0.3) is 0 Å². The van der Waals surface area contributed by atoms with E-state index in [9.17, 15) is 22.8 Å². The summed E-state index contributed by atoms with van der Waals surface area (Å²) in [6.45, 7) is 7.28. The third kappa shape index (κ3) is 5.06. The van der Waals surface area contributed by atoms with Crippen LogP contribution in [0.15, 0.2) is 52.4 Å². The minimum absolute atomic E-state index is 0.115. The summed E-state index contributed by atoms with van der Waals surface area (Å²) in [5, 5.41) is 0. The van der Waals surface area contributed by atoms with Crippen LogP contribution in [0.5, 0.6) is 11.5 Å². The Balaban J connectivity index is 1.11. The Morgan fingerprint density at radius 2 is 1.51 bits per heavy atom.